The minimum absolute atomic E-state index is 0.0126. The maximum atomic E-state index is 14.8. The van der Waals surface area contributed by atoms with Gasteiger partial charge in [-0.05, 0) is 26.0 Å². The number of aromatic nitrogens is 1. The number of nitriles is 1. The summed E-state index contributed by atoms with van der Waals surface area (Å²) in [6.45, 7) is 5.96. The highest BCUT2D eigenvalue weighted by Crippen LogP contribution is 2.29. The number of carbonyl (C=O) groups is 1. The first-order valence-corrected chi connectivity index (χ1v) is 8.94. The van der Waals surface area contributed by atoms with Crippen molar-refractivity contribution in [1.82, 2.24) is 9.47 Å². The van der Waals surface area contributed by atoms with Gasteiger partial charge in [0.05, 0.1) is 23.2 Å². The third kappa shape index (κ3) is 3.33. The molecule has 1 aliphatic rings. The summed E-state index contributed by atoms with van der Waals surface area (Å²) in [4.78, 5) is 28.0. The average molecular weight is 372 g/mol. The molecule has 0 radical (unpaired) electrons. The Bertz CT molecular complexity index is 972. The summed E-state index contributed by atoms with van der Waals surface area (Å²) in [5.74, 6) is -0.512. The van der Waals surface area contributed by atoms with Crippen LogP contribution in [0.2, 0.25) is 0 Å². The fraction of sp³-hybridized carbons (Fsp3) is 0.421. The predicted octanol–water partition coefficient (Wildman–Crippen LogP) is 2.31. The van der Waals surface area contributed by atoms with Crippen molar-refractivity contribution in [2.75, 3.05) is 37.7 Å². The van der Waals surface area contributed by atoms with Crippen molar-refractivity contribution < 1.29 is 13.9 Å². The molecule has 3 rings (SSSR count). The summed E-state index contributed by atoms with van der Waals surface area (Å²) in [6, 6.07) is 4.81. The summed E-state index contributed by atoms with van der Waals surface area (Å²) in [7, 11) is 0. The van der Waals surface area contributed by atoms with Gasteiger partial charge < -0.3 is 19.1 Å². The number of fused-ring (bicyclic) bond motifs is 1. The molecule has 0 saturated carbocycles. The lowest BCUT2D eigenvalue weighted by Gasteiger charge is -2.36. The van der Waals surface area contributed by atoms with E-state index < -0.39 is 17.3 Å². The number of nitrogens with zero attached hydrogens (tertiary/aromatic N) is 4. The van der Waals surface area contributed by atoms with Gasteiger partial charge in [-0.1, -0.05) is 0 Å². The number of hydrogen-bond acceptors (Lipinski definition) is 5. The van der Waals surface area contributed by atoms with E-state index >= 15 is 0 Å². The standard InChI is InChI=1S/C19H21FN4O3/c1-3-22-12-13(11-21)18(25)16-15(22)6-5-14(20)17(16)23-7-9-24(10-8-23)19(26)27-4-2/h5-6,12H,3-4,7-10H2,1-2H3. The Balaban J connectivity index is 2.05. The Morgan fingerprint density at radius 1 is 1.26 bits per heavy atom. The van der Waals surface area contributed by atoms with Gasteiger partial charge in [-0.25, -0.2) is 9.18 Å². The highest BCUT2D eigenvalue weighted by atomic mass is 19.1. The first-order chi connectivity index (χ1) is 13.0. The number of benzene rings is 1. The first-order valence-electron chi connectivity index (χ1n) is 8.94. The van der Waals surface area contributed by atoms with Gasteiger partial charge in [0.1, 0.15) is 17.4 Å². The molecule has 1 aliphatic heterocycles. The van der Waals surface area contributed by atoms with Gasteiger partial charge in [0.2, 0.25) is 5.43 Å². The monoisotopic (exact) mass is 372 g/mol. The van der Waals surface area contributed by atoms with Crippen molar-refractivity contribution in [2.24, 2.45) is 0 Å². The molecule has 27 heavy (non-hydrogen) atoms. The van der Waals surface area contributed by atoms with Crippen LogP contribution in [-0.4, -0.2) is 48.3 Å². The normalized spacial score (nSPS) is 14.3. The van der Waals surface area contributed by atoms with Crippen LogP contribution in [-0.2, 0) is 11.3 Å². The van der Waals surface area contributed by atoms with Crippen molar-refractivity contribution in [3.63, 3.8) is 0 Å². The molecule has 1 saturated heterocycles. The number of ether oxygens (including phenoxy) is 1. The molecule has 1 aromatic heterocycles. The van der Waals surface area contributed by atoms with E-state index in [1.807, 2.05) is 13.0 Å². The highest BCUT2D eigenvalue weighted by Gasteiger charge is 2.26. The van der Waals surface area contributed by atoms with Crippen LogP contribution in [0.15, 0.2) is 23.1 Å². The van der Waals surface area contributed by atoms with Crippen LogP contribution in [0.1, 0.15) is 19.4 Å². The molecule has 1 fully saturated rings. The number of amides is 1. The second-order valence-electron chi connectivity index (χ2n) is 6.23. The molecule has 0 N–H and O–H groups in total. The number of hydrogen-bond donors (Lipinski definition) is 0. The van der Waals surface area contributed by atoms with Crippen LogP contribution < -0.4 is 10.3 Å². The van der Waals surface area contributed by atoms with E-state index in [9.17, 15) is 19.2 Å². The SMILES string of the molecule is CCOC(=O)N1CCN(c2c(F)ccc3c2c(=O)c(C#N)cn3CC)CC1. The maximum Gasteiger partial charge on any atom is 0.409 e. The number of carbonyl (C=O) groups excluding carboxylic acids is 1. The van der Waals surface area contributed by atoms with Gasteiger partial charge >= 0.3 is 6.09 Å². The van der Waals surface area contributed by atoms with Crippen LogP contribution in [0, 0.1) is 17.1 Å². The lowest BCUT2D eigenvalue weighted by Crippen LogP contribution is -2.49. The van der Waals surface area contributed by atoms with Crippen LogP contribution in [0.5, 0.6) is 0 Å². The molecular formula is C19H21FN4O3. The van der Waals surface area contributed by atoms with E-state index in [0.717, 1.165) is 0 Å². The first kappa shape index (κ1) is 18.7. The third-order valence-electron chi connectivity index (χ3n) is 4.76. The number of aryl methyl sites for hydroxylation is 1. The lowest BCUT2D eigenvalue weighted by molar-refractivity contribution is 0.105. The molecular weight excluding hydrogens is 351 g/mol. The van der Waals surface area contributed by atoms with Gasteiger partial charge in [-0.3, -0.25) is 4.79 Å². The Labute approximate surface area is 156 Å². The average Bonchev–Trinajstić information content (AvgIpc) is 2.69. The van der Waals surface area contributed by atoms with Crippen molar-refractivity contribution in [2.45, 2.75) is 20.4 Å². The summed E-state index contributed by atoms with van der Waals surface area (Å²) < 4.78 is 21.5. The topological polar surface area (TPSA) is 78.6 Å². The van der Waals surface area contributed by atoms with E-state index in [1.165, 1.54) is 12.3 Å². The lowest BCUT2D eigenvalue weighted by atomic mass is 10.1. The number of rotatable bonds is 3. The minimum Gasteiger partial charge on any atom is -0.450 e. The van der Waals surface area contributed by atoms with E-state index in [4.69, 9.17) is 4.74 Å². The molecule has 0 aliphatic carbocycles. The van der Waals surface area contributed by atoms with Crippen molar-refractivity contribution in [3.05, 3.63) is 39.9 Å². The largest absolute Gasteiger partial charge is 0.450 e. The zero-order chi connectivity index (χ0) is 19.6. The van der Waals surface area contributed by atoms with Crippen LogP contribution in [0.25, 0.3) is 10.9 Å². The number of pyridine rings is 1. The minimum atomic E-state index is -0.512. The van der Waals surface area contributed by atoms with Gasteiger partial charge in [0.25, 0.3) is 0 Å². The van der Waals surface area contributed by atoms with Crippen molar-refractivity contribution in [1.29, 1.82) is 5.26 Å². The summed E-state index contributed by atoms with van der Waals surface area (Å²) in [5.41, 5.74) is 0.298. The Morgan fingerprint density at radius 2 is 1.96 bits per heavy atom. The van der Waals surface area contributed by atoms with E-state index in [2.05, 4.69) is 0 Å². The molecule has 2 heterocycles. The molecule has 1 aromatic carbocycles. The van der Waals surface area contributed by atoms with Crippen molar-refractivity contribution in [3.8, 4) is 6.07 Å². The Kier molecular flexibility index (Phi) is 5.31. The van der Waals surface area contributed by atoms with Crippen molar-refractivity contribution >= 4 is 22.7 Å². The molecule has 1 amide bonds. The fourth-order valence-electron chi connectivity index (χ4n) is 3.41. The molecule has 0 bridgehead atoms. The Morgan fingerprint density at radius 3 is 2.56 bits per heavy atom. The number of halogens is 1. The molecule has 2 aromatic rings. The van der Waals surface area contributed by atoms with Gasteiger partial charge in [-0.15, -0.1) is 0 Å². The Hall–Kier alpha value is -3.08. The second kappa shape index (κ2) is 7.66. The summed E-state index contributed by atoms with van der Waals surface area (Å²) in [5, 5.41) is 9.49. The summed E-state index contributed by atoms with van der Waals surface area (Å²) >= 11 is 0. The molecule has 0 unspecified atom stereocenters. The molecule has 142 valence electrons. The smallest absolute Gasteiger partial charge is 0.409 e. The van der Waals surface area contributed by atoms with Crippen LogP contribution in [0.4, 0.5) is 14.9 Å². The number of anilines is 1. The predicted molar refractivity (Wildman–Crippen MR) is 99.4 cm³/mol. The quantitative estimate of drug-likeness (QED) is 0.826. The van der Waals surface area contributed by atoms with Gasteiger partial charge in [-0.2, -0.15) is 5.26 Å². The van der Waals surface area contributed by atoms with Gasteiger partial charge in [0.15, 0.2) is 0 Å². The van der Waals surface area contributed by atoms with Crippen LogP contribution >= 0.6 is 0 Å². The molecule has 7 nitrogen and oxygen atoms in total. The molecule has 8 heteroatoms. The molecule has 0 spiro atoms. The molecule has 0 atom stereocenters. The van der Waals surface area contributed by atoms with Gasteiger partial charge in [0, 0.05) is 38.9 Å². The fourth-order valence-corrected chi connectivity index (χ4v) is 3.41. The van der Waals surface area contributed by atoms with E-state index in [-0.39, 0.29) is 16.6 Å². The number of piperazine rings is 1. The zero-order valence-electron chi connectivity index (χ0n) is 15.4. The maximum absolute atomic E-state index is 14.8. The zero-order valence-corrected chi connectivity index (χ0v) is 15.4. The van der Waals surface area contributed by atoms with E-state index in [1.54, 1.807) is 27.4 Å². The third-order valence-corrected chi connectivity index (χ3v) is 4.76. The highest BCUT2D eigenvalue weighted by molar-refractivity contribution is 5.93. The summed E-state index contributed by atoms with van der Waals surface area (Å²) in [6.07, 6.45) is 1.11. The van der Waals surface area contributed by atoms with E-state index in [0.29, 0.717) is 44.8 Å². The van der Waals surface area contributed by atoms with Crippen LogP contribution in [0.3, 0.4) is 0 Å². The second-order valence-corrected chi connectivity index (χ2v) is 6.23.